The van der Waals surface area contributed by atoms with Crippen LogP contribution in [0.25, 0.3) is 0 Å². The van der Waals surface area contributed by atoms with Crippen molar-refractivity contribution in [3.8, 4) is 0 Å². The number of methoxy groups -OCH3 is 1. The van der Waals surface area contributed by atoms with Gasteiger partial charge >= 0.3 is 5.97 Å². The molecule has 0 spiro atoms. The number of carbonyl (C=O) groups excluding carboxylic acids is 2. The van der Waals surface area contributed by atoms with Gasteiger partial charge in [0.15, 0.2) is 0 Å². The third-order valence-electron chi connectivity index (χ3n) is 2.99. The first-order chi connectivity index (χ1) is 5.54. The first-order valence-electron chi connectivity index (χ1n) is 4.07. The minimum atomic E-state index is -0.213. The molecule has 0 saturated heterocycles. The van der Waals surface area contributed by atoms with Gasteiger partial charge in [0.25, 0.3) is 0 Å². The van der Waals surface area contributed by atoms with Crippen molar-refractivity contribution in [3.63, 3.8) is 0 Å². The highest BCUT2D eigenvalue weighted by Gasteiger charge is 2.52. The highest BCUT2D eigenvalue weighted by atomic mass is 16.5. The Kier molecular flexibility index (Phi) is 2.22. The Labute approximate surface area is 72.1 Å². The molecule has 0 aromatic carbocycles. The molecule has 2 atom stereocenters. The summed E-state index contributed by atoms with van der Waals surface area (Å²) in [6.07, 6.45) is 1.57. The third-order valence-corrected chi connectivity index (χ3v) is 2.99. The fourth-order valence-electron chi connectivity index (χ4n) is 1.73. The summed E-state index contributed by atoms with van der Waals surface area (Å²) in [7, 11) is 1.38. The van der Waals surface area contributed by atoms with Gasteiger partial charge in [-0.2, -0.15) is 0 Å². The van der Waals surface area contributed by atoms with E-state index in [4.69, 9.17) is 0 Å². The first-order valence-corrected chi connectivity index (χ1v) is 4.07. The summed E-state index contributed by atoms with van der Waals surface area (Å²) in [5.41, 5.74) is -0.213. The maximum absolute atomic E-state index is 11.1. The van der Waals surface area contributed by atoms with Crippen LogP contribution < -0.4 is 0 Å². The molecule has 12 heavy (non-hydrogen) atoms. The number of aldehydes is 1. The number of ether oxygens (including phenoxy) is 1. The molecule has 1 fully saturated rings. The Bertz CT molecular complexity index is 208. The summed E-state index contributed by atoms with van der Waals surface area (Å²) in [6.45, 7) is 3.86. The lowest BCUT2D eigenvalue weighted by Gasteiger charge is -2.47. The van der Waals surface area contributed by atoms with Crippen molar-refractivity contribution >= 4 is 12.3 Å². The summed E-state index contributed by atoms with van der Waals surface area (Å²) in [5, 5.41) is 0. The van der Waals surface area contributed by atoms with E-state index in [1.165, 1.54) is 7.11 Å². The van der Waals surface area contributed by atoms with Crippen LogP contribution in [-0.2, 0) is 14.3 Å². The molecule has 0 radical (unpaired) electrons. The molecule has 0 unspecified atom stereocenters. The second-order valence-electron chi connectivity index (χ2n) is 3.88. The molecule has 0 bridgehead atoms. The molecule has 0 heterocycles. The molecule has 3 heteroatoms. The maximum atomic E-state index is 11.1. The van der Waals surface area contributed by atoms with Gasteiger partial charge in [-0.1, -0.05) is 13.8 Å². The van der Waals surface area contributed by atoms with Crippen molar-refractivity contribution in [1.82, 2.24) is 0 Å². The van der Waals surface area contributed by atoms with Gasteiger partial charge in [-0.25, -0.2) is 0 Å². The summed E-state index contributed by atoms with van der Waals surface area (Å²) in [5.74, 6) is -0.280. The Morgan fingerprint density at radius 1 is 1.58 bits per heavy atom. The van der Waals surface area contributed by atoms with Gasteiger partial charge < -0.3 is 9.53 Å². The van der Waals surface area contributed by atoms with Crippen LogP contribution in [0.3, 0.4) is 0 Å². The van der Waals surface area contributed by atoms with Gasteiger partial charge in [0.1, 0.15) is 6.29 Å². The molecule has 0 aliphatic heterocycles. The monoisotopic (exact) mass is 170 g/mol. The van der Waals surface area contributed by atoms with E-state index in [-0.39, 0.29) is 23.2 Å². The van der Waals surface area contributed by atoms with E-state index in [0.717, 1.165) is 6.29 Å². The van der Waals surface area contributed by atoms with Crippen molar-refractivity contribution in [2.24, 2.45) is 17.3 Å². The van der Waals surface area contributed by atoms with Crippen LogP contribution >= 0.6 is 0 Å². The molecule has 0 N–H and O–H groups in total. The predicted molar refractivity (Wildman–Crippen MR) is 43.5 cm³/mol. The Morgan fingerprint density at radius 2 is 2.17 bits per heavy atom. The van der Waals surface area contributed by atoms with Crippen LogP contribution in [0.2, 0.25) is 0 Å². The zero-order chi connectivity index (χ0) is 9.35. The quantitative estimate of drug-likeness (QED) is 0.459. The van der Waals surface area contributed by atoms with Crippen LogP contribution in [0.15, 0.2) is 0 Å². The van der Waals surface area contributed by atoms with Gasteiger partial charge in [-0.15, -0.1) is 0 Å². The topological polar surface area (TPSA) is 43.4 Å². The van der Waals surface area contributed by atoms with E-state index in [1.807, 2.05) is 13.8 Å². The van der Waals surface area contributed by atoms with E-state index in [1.54, 1.807) is 0 Å². The fraction of sp³-hybridized carbons (Fsp3) is 0.778. The van der Waals surface area contributed by atoms with E-state index in [9.17, 15) is 9.59 Å². The summed E-state index contributed by atoms with van der Waals surface area (Å²) in [4.78, 5) is 21.6. The minimum Gasteiger partial charge on any atom is -0.469 e. The SMILES string of the molecule is COC(=O)[C@@H]1C[C@@H](C=O)C1(C)C. The van der Waals surface area contributed by atoms with Crippen molar-refractivity contribution in [2.75, 3.05) is 7.11 Å². The number of hydrogen-bond donors (Lipinski definition) is 0. The largest absolute Gasteiger partial charge is 0.469 e. The smallest absolute Gasteiger partial charge is 0.309 e. The van der Waals surface area contributed by atoms with Crippen LogP contribution in [-0.4, -0.2) is 19.4 Å². The van der Waals surface area contributed by atoms with Gasteiger partial charge in [0.2, 0.25) is 0 Å². The van der Waals surface area contributed by atoms with E-state index >= 15 is 0 Å². The Morgan fingerprint density at radius 3 is 2.50 bits per heavy atom. The van der Waals surface area contributed by atoms with E-state index < -0.39 is 0 Å². The van der Waals surface area contributed by atoms with Gasteiger partial charge in [-0.3, -0.25) is 4.79 Å². The number of esters is 1. The van der Waals surface area contributed by atoms with Gasteiger partial charge in [0.05, 0.1) is 13.0 Å². The highest BCUT2D eigenvalue weighted by Crippen LogP contribution is 2.50. The first kappa shape index (κ1) is 9.23. The van der Waals surface area contributed by atoms with Crippen LogP contribution in [0.1, 0.15) is 20.3 Å². The van der Waals surface area contributed by atoms with Crippen LogP contribution in [0, 0.1) is 17.3 Å². The molecular formula is C9H14O3. The lowest BCUT2D eigenvalue weighted by Crippen LogP contribution is -2.49. The molecular weight excluding hydrogens is 156 g/mol. The summed E-state index contributed by atoms with van der Waals surface area (Å²) in [6, 6.07) is 0. The van der Waals surface area contributed by atoms with Crippen molar-refractivity contribution in [3.05, 3.63) is 0 Å². The molecule has 0 amide bonds. The van der Waals surface area contributed by atoms with Gasteiger partial charge in [0, 0.05) is 5.92 Å². The van der Waals surface area contributed by atoms with Crippen molar-refractivity contribution in [1.29, 1.82) is 0 Å². The molecule has 3 nitrogen and oxygen atoms in total. The zero-order valence-electron chi connectivity index (χ0n) is 7.66. The molecule has 1 aliphatic carbocycles. The normalized spacial score (nSPS) is 31.9. The second-order valence-corrected chi connectivity index (χ2v) is 3.88. The van der Waals surface area contributed by atoms with Crippen LogP contribution in [0.4, 0.5) is 0 Å². The lowest BCUT2D eigenvalue weighted by atomic mass is 9.55. The fourth-order valence-corrected chi connectivity index (χ4v) is 1.73. The maximum Gasteiger partial charge on any atom is 0.309 e. The predicted octanol–water partition coefficient (Wildman–Crippen LogP) is 1.02. The molecule has 0 aromatic heterocycles. The summed E-state index contributed by atoms with van der Waals surface area (Å²) < 4.78 is 4.63. The molecule has 1 saturated carbocycles. The van der Waals surface area contributed by atoms with Crippen molar-refractivity contribution in [2.45, 2.75) is 20.3 Å². The summed E-state index contributed by atoms with van der Waals surface area (Å²) >= 11 is 0. The molecule has 1 aliphatic rings. The average molecular weight is 170 g/mol. The number of hydrogen-bond acceptors (Lipinski definition) is 3. The molecule has 68 valence electrons. The number of rotatable bonds is 2. The Hall–Kier alpha value is -0.860. The Balaban J connectivity index is 2.64. The second kappa shape index (κ2) is 2.88. The minimum absolute atomic E-state index is 0.0154. The van der Waals surface area contributed by atoms with Gasteiger partial charge in [-0.05, 0) is 11.8 Å². The van der Waals surface area contributed by atoms with Crippen molar-refractivity contribution < 1.29 is 14.3 Å². The average Bonchev–Trinajstić information content (AvgIpc) is 2.03. The standard InChI is InChI=1S/C9H14O3/c1-9(2)6(5-10)4-7(9)8(11)12-3/h5-7H,4H2,1-3H3/t6-,7-/m0/s1. The zero-order valence-corrected chi connectivity index (χ0v) is 7.66. The molecule has 0 aromatic rings. The van der Waals surface area contributed by atoms with E-state index in [0.29, 0.717) is 6.42 Å². The number of carbonyl (C=O) groups is 2. The van der Waals surface area contributed by atoms with E-state index in [2.05, 4.69) is 4.74 Å². The lowest BCUT2D eigenvalue weighted by molar-refractivity contribution is -0.163. The highest BCUT2D eigenvalue weighted by molar-refractivity contribution is 5.77. The third kappa shape index (κ3) is 1.13. The molecule has 1 rings (SSSR count). The van der Waals surface area contributed by atoms with Crippen LogP contribution in [0.5, 0.6) is 0 Å².